The van der Waals surface area contributed by atoms with Gasteiger partial charge < -0.3 is 10.1 Å². The van der Waals surface area contributed by atoms with Crippen molar-refractivity contribution in [1.82, 2.24) is 9.78 Å². The fourth-order valence-corrected chi connectivity index (χ4v) is 2.99. The minimum atomic E-state index is -4.49. The number of aryl methyl sites for hydroxylation is 2. The molecule has 1 N–H and O–H groups in total. The van der Waals surface area contributed by atoms with Gasteiger partial charge in [0.2, 0.25) is 0 Å². The molecule has 1 heterocycles. The average molecular weight is 392 g/mol. The van der Waals surface area contributed by atoms with E-state index in [0.29, 0.717) is 11.4 Å². The van der Waals surface area contributed by atoms with Gasteiger partial charge in [-0.05, 0) is 48.3 Å². The molecule has 2 aromatic rings. The lowest BCUT2D eigenvalue weighted by molar-refractivity contribution is -0.144. The van der Waals surface area contributed by atoms with Gasteiger partial charge in [-0.25, -0.2) is 0 Å². The van der Waals surface area contributed by atoms with E-state index in [4.69, 9.17) is 4.74 Å². The second-order valence-corrected chi connectivity index (χ2v) is 5.83. The van der Waals surface area contributed by atoms with Gasteiger partial charge in [-0.2, -0.15) is 18.3 Å². The van der Waals surface area contributed by atoms with Crippen LogP contribution in [0.2, 0.25) is 0 Å². The van der Waals surface area contributed by atoms with Crippen LogP contribution in [0.4, 0.5) is 24.7 Å². The number of alkyl halides is 3. The van der Waals surface area contributed by atoms with Crippen LogP contribution in [0.3, 0.4) is 0 Å². The van der Waals surface area contributed by atoms with Crippen molar-refractivity contribution in [2.45, 2.75) is 33.5 Å². The minimum Gasteiger partial charge on any atom is -0.496 e. The van der Waals surface area contributed by atoms with Crippen LogP contribution in [0, 0.1) is 13.8 Å². The highest BCUT2D eigenvalue weighted by molar-refractivity contribution is 9.10. The first-order chi connectivity index (χ1) is 10.7. The number of benzene rings is 1. The Hall–Kier alpha value is -1.70. The first-order valence-corrected chi connectivity index (χ1v) is 7.74. The first-order valence-electron chi connectivity index (χ1n) is 6.95. The van der Waals surface area contributed by atoms with Gasteiger partial charge in [0.05, 0.1) is 11.6 Å². The number of halogens is 4. The topological polar surface area (TPSA) is 39.1 Å². The molecule has 1 aromatic heterocycles. The lowest BCUT2D eigenvalue weighted by Crippen LogP contribution is -2.14. The van der Waals surface area contributed by atoms with E-state index in [0.717, 1.165) is 15.8 Å². The number of anilines is 2. The molecule has 0 spiro atoms. The van der Waals surface area contributed by atoms with Gasteiger partial charge in [0.15, 0.2) is 11.5 Å². The Morgan fingerprint density at radius 2 is 1.96 bits per heavy atom. The van der Waals surface area contributed by atoms with Crippen molar-refractivity contribution in [3.8, 4) is 5.75 Å². The summed E-state index contributed by atoms with van der Waals surface area (Å²) in [5, 5.41) is 7.02. The molecule has 4 nitrogen and oxygen atoms in total. The maximum atomic E-state index is 13.2. The number of hydrogen-bond donors (Lipinski definition) is 1. The number of rotatable bonds is 4. The highest BCUT2D eigenvalue weighted by Gasteiger charge is 2.39. The normalized spacial score (nSPS) is 11.7. The second kappa shape index (κ2) is 6.43. The summed E-state index contributed by atoms with van der Waals surface area (Å²) < 4.78 is 45.6. The van der Waals surface area contributed by atoms with Crippen LogP contribution in [0.5, 0.6) is 5.75 Å². The zero-order valence-electron chi connectivity index (χ0n) is 13.2. The number of methoxy groups -OCH3 is 1. The summed E-state index contributed by atoms with van der Waals surface area (Å²) in [5.74, 6) is 0.777. The number of aromatic nitrogens is 2. The van der Waals surface area contributed by atoms with Crippen LogP contribution >= 0.6 is 15.9 Å². The molecule has 0 unspecified atom stereocenters. The monoisotopic (exact) mass is 391 g/mol. The van der Waals surface area contributed by atoms with E-state index in [1.54, 1.807) is 14.0 Å². The molecule has 126 valence electrons. The lowest BCUT2D eigenvalue weighted by atomic mass is 10.1. The van der Waals surface area contributed by atoms with E-state index in [9.17, 15) is 13.2 Å². The van der Waals surface area contributed by atoms with Crippen molar-refractivity contribution in [2.24, 2.45) is 0 Å². The summed E-state index contributed by atoms with van der Waals surface area (Å²) in [5.41, 5.74) is 1.56. The Balaban J connectivity index is 2.52. The summed E-state index contributed by atoms with van der Waals surface area (Å²) in [6, 6.07) is 3.65. The third-order valence-corrected chi connectivity index (χ3v) is 4.30. The maximum absolute atomic E-state index is 13.2. The van der Waals surface area contributed by atoms with E-state index in [-0.39, 0.29) is 16.8 Å². The predicted molar refractivity (Wildman–Crippen MR) is 86.4 cm³/mol. The average Bonchev–Trinajstić information content (AvgIpc) is 2.79. The van der Waals surface area contributed by atoms with Gasteiger partial charge in [-0.15, -0.1) is 0 Å². The molecule has 0 saturated carbocycles. The smallest absolute Gasteiger partial charge is 0.434 e. The lowest BCUT2D eigenvalue weighted by Gasteiger charge is -2.14. The molecule has 0 aliphatic carbocycles. The van der Waals surface area contributed by atoms with E-state index in [1.165, 1.54) is 0 Å². The Bertz CT molecular complexity index is 726. The van der Waals surface area contributed by atoms with Crippen LogP contribution < -0.4 is 10.1 Å². The van der Waals surface area contributed by atoms with Crippen molar-refractivity contribution in [3.05, 3.63) is 33.4 Å². The second-order valence-electron chi connectivity index (χ2n) is 5.03. The van der Waals surface area contributed by atoms with Crippen molar-refractivity contribution in [3.63, 3.8) is 0 Å². The predicted octanol–water partition coefficient (Wildman–Crippen LogP) is 5.05. The molecule has 1 aromatic carbocycles. The van der Waals surface area contributed by atoms with Crippen molar-refractivity contribution in [2.75, 3.05) is 12.4 Å². The van der Waals surface area contributed by atoms with Crippen LogP contribution in [0.1, 0.15) is 23.7 Å². The number of hydrogen-bond acceptors (Lipinski definition) is 3. The van der Waals surface area contributed by atoms with Gasteiger partial charge in [-0.1, -0.05) is 6.07 Å². The van der Waals surface area contributed by atoms with Gasteiger partial charge in [0, 0.05) is 17.8 Å². The largest absolute Gasteiger partial charge is 0.496 e. The summed E-state index contributed by atoms with van der Waals surface area (Å²) in [7, 11) is 1.55. The fraction of sp³-hybridized carbons (Fsp3) is 0.400. The zero-order chi connectivity index (χ0) is 17.4. The molecule has 23 heavy (non-hydrogen) atoms. The summed E-state index contributed by atoms with van der Waals surface area (Å²) in [4.78, 5) is 0. The molecule has 0 aliphatic rings. The highest BCUT2D eigenvalue weighted by atomic mass is 79.9. The molecule has 8 heteroatoms. The highest BCUT2D eigenvalue weighted by Crippen LogP contribution is 2.40. The van der Waals surface area contributed by atoms with E-state index < -0.39 is 11.9 Å². The molecule has 0 saturated heterocycles. The van der Waals surface area contributed by atoms with E-state index in [1.807, 2.05) is 26.0 Å². The zero-order valence-corrected chi connectivity index (χ0v) is 14.8. The van der Waals surface area contributed by atoms with Crippen LogP contribution in [0.15, 0.2) is 16.6 Å². The van der Waals surface area contributed by atoms with E-state index in [2.05, 4.69) is 26.3 Å². The minimum absolute atomic E-state index is 0.103. The van der Waals surface area contributed by atoms with Crippen molar-refractivity contribution >= 4 is 27.4 Å². The fourth-order valence-electron chi connectivity index (χ4n) is 2.38. The standard InChI is InChI=1S/C15H17BrF3N3O/c1-5-22-13(15(17,18)19)11(16)14(21-22)20-12-8(2)6-7-10(23-4)9(12)3/h6-7H,5H2,1-4H3,(H,20,21). The van der Waals surface area contributed by atoms with Crippen LogP contribution in [-0.4, -0.2) is 16.9 Å². The van der Waals surface area contributed by atoms with Crippen LogP contribution in [0.25, 0.3) is 0 Å². The SMILES string of the molecule is CCn1nc(Nc2c(C)ccc(OC)c2C)c(Br)c1C(F)(F)F. The third kappa shape index (κ3) is 3.31. The molecule has 0 radical (unpaired) electrons. The number of ether oxygens (including phenoxy) is 1. The quantitative estimate of drug-likeness (QED) is 0.791. The Morgan fingerprint density at radius 3 is 2.43 bits per heavy atom. The Morgan fingerprint density at radius 1 is 1.30 bits per heavy atom. The third-order valence-electron chi connectivity index (χ3n) is 3.55. The summed E-state index contributed by atoms with van der Waals surface area (Å²) in [6.07, 6.45) is -4.49. The molecular weight excluding hydrogens is 375 g/mol. The molecule has 2 rings (SSSR count). The molecule has 0 amide bonds. The molecular formula is C15H17BrF3N3O. The van der Waals surface area contributed by atoms with E-state index >= 15 is 0 Å². The van der Waals surface area contributed by atoms with Crippen LogP contribution in [-0.2, 0) is 12.7 Å². The molecule has 0 atom stereocenters. The molecule has 0 bridgehead atoms. The Labute approximate surface area is 140 Å². The van der Waals surface area contributed by atoms with Gasteiger partial charge in [-0.3, -0.25) is 4.68 Å². The summed E-state index contributed by atoms with van der Waals surface area (Å²) >= 11 is 3.02. The van der Waals surface area contributed by atoms with Crippen molar-refractivity contribution < 1.29 is 17.9 Å². The van der Waals surface area contributed by atoms with Gasteiger partial charge >= 0.3 is 6.18 Å². The maximum Gasteiger partial charge on any atom is 0.434 e. The van der Waals surface area contributed by atoms with Gasteiger partial charge in [0.25, 0.3) is 0 Å². The number of nitrogens with zero attached hydrogens (tertiary/aromatic N) is 2. The molecule has 0 fully saturated rings. The molecule has 0 aliphatic heterocycles. The summed E-state index contributed by atoms with van der Waals surface area (Å²) in [6.45, 7) is 5.43. The number of nitrogens with one attached hydrogen (secondary N) is 1. The Kier molecular flexibility index (Phi) is 4.93. The van der Waals surface area contributed by atoms with Gasteiger partial charge in [0.1, 0.15) is 5.75 Å². The first kappa shape index (κ1) is 17.7. The van der Waals surface area contributed by atoms with Crippen molar-refractivity contribution in [1.29, 1.82) is 0 Å².